The van der Waals surface area contributed by atoms with E-state index >= 15 is 0 Å². The molecule has 0 bridgehead atoms. The number of benzene rings is 2. The quantitative estimate of drug-likeness (QED) is 0.607. The number of nitrogens with two attached hydrogens (primary N) is 1. The highest BCUT2D eigenvalue weighted by Crippen LogP contribution is 2.22. The molecule has 6 heteroatoms. The van der Waals surface area contributed by atoms with E-state index in [9.17, 15) is 0 Å². The van der Waals surface area contributed by atoms with Crippen molar-refractivity contribution in [2.75, 3.05) is 0 Å². The fraction of sp³-hybridized carbons (Fsp3) is 0.211. The van der Waals surface area contributed by atoms with E-state index in [1.165, 1.54) is 0 Å². The Bertz CT molecular complexity index is 987. The summed E-state index contributed by atoms with van der Waals surface area (Å²) in [6.45, 7) is 2.37. The first-order valence-corrected chi connectivity index (χ1v) is 8.17. The van der Waals surface area contributed by atoms with Gasteiger partial charge in [0.2, 0.25) is 11.8 Å². The smallest absolute Gasteiger partial charge is 0.236 e. The molecule has 0 fully saturated rings. The minimum atomic E-state index is -0.719. The number of hydrogen-bond acceptors (Lipinski definition) is 5. The number of imidazole rings is 1. The molecule has 0 saturated carbocycles. The lowest BCUT2D eigenvalue weighted by Crippen LogP contribution is -2.35. The van der Waals surface area contributed by atoms with Crippen molar-refractivity contribution in [2.24, 2.45) is 5.73 Å². The maximum atomic E-state index is 6.43. The molecular formula is C19H19N5O. The Balaban J connectivity index is 1.55. The molecule has 2 aromatic carbocycles. The molecule has 0 aliphatic heterocycles. The van der Waals surface area contributed by atoms with Gasteiger partial charge in [0.05, 0.1) is 22.9 Å². The Kier molecular flexibility index (Phi) is 3.82. The molecule has 0 aliphatic rings. The predicted octanol–water partition coefficient (Wildman–Crippen LogP) is 2.88. The molecule has 4 aromatic rings. The fourth-order valence-corrected chi connectivity index (χ4v) is 2.93. The molecule has 0 amide bonds. The predicted molar refractivity (Wildman–Crippen MR) is 94.8 cm³/mol. The third-order valence-electron chi connectivity index (χ3n) is 4.20. The summed E-state index contributed by atoms with van der Waals surface area (Å²) in [5.74, 6) is 0.957. The second kappa shape index (κ2) is 6.14. The van der Waals surface area contributed by atoms with Crippen molar-refractivity contribution in [3.8, 4) is 0 Å². The van der Waals surface area contributed by atoms with Crippen molar-refractivity contribution in [3.05, 3.63) is 78.3 Å². The molecule has 25 heavy (non-hydrogen) atoms. The molecule has 126 valence electrons. The van der Waals surface area contributed by atoms with Crippen LogP contribution in [0, 0.1) is 0 Å². The minimum absolute atomic E-state index is 0.441. The van der Waals surface area contributed by atoms with Gasteiger partial charge in [0.1, 0.15) is 6.54 Å². The summed E-state index contributed by atoms with van der Waals surface area (Å²) in [7, 11) is 0. The van der Waals surface area contributed by atoms with Gasteiger partial charge in [-0.25, -0.2) is 4.98 Å². The number of aromatic nitrogens is 4. The molecule has 0 unspecified atom stereocenters. The van der Waals surface area contributed by atoms with E-state index in [4.69, 9.17) is 10.2 Å². The number of hydrogen-bond donors (Lipinski definition) is 1. The van der Waals surface area contributed by atoms with Crippen LogP contribution in [0.2, 0.25) is 0 Å². The molecule has 1 atom stereocenters. The Morgan fingerprint density at radius 1 is 1.04 bits per heavy atom. The van der Waals surface area contributed by atoms with Gasteiger partial charge in [0, 0.05) is 0 Å². The Hall–Kier alpha value is -2.99. The minimum Gasteiger partial charge on any atom is -0.421 e. The van der Waals surface area contributed by atoms with E-state index in [0.29, 0.717) is 24.7 Å². The van der Waals surface area contributed by atoms with E-state index in [2.05, 4.69) is 15.2 Å². The van der Waals surface area contributed by atoms with Gasteiger partial charge in [-0.1, -0.05) is 42.5 Å². The van der Waals surface area contributed by atoms with Gasteiger partial charge in [-0.05, 0) is 31.0 Å². The Morgan fingerprint density at radius 3 is 2.64 bits per heavy atom. The van der Waals surface area contributed by atoms with Gasteiger partial charge in [-0.15, -0.1) is 10.2 Å². The second-order valence-corrected chi connectivity index (χ2v) is 6.44. The van der Waals surface area contributed by atoms with Crippen molar-refractivity contribution in [1.82, 2.24) is 19.7 Å². The van der Waals surface area contributed by atoms with Crippen molar-refractivity contribution < 1.29 is 4.42 Å². The number of fused-ring (bicyclic) bond motifs is 1. The van der Waals surface area contributed by atoms with Crippen LogP contribution in [0.3, 0.4) is 0 Å². The van der Waals surface area contributed by atoms with Crippen molar-refractivity contribution in [1.29, 1.82) is 0 Å². The summed E-state index contributed by atoms with van der Waals surface area (Å²) in [5.41, 5.74) is 8.82. The van der Waals surface area contributed by atoms with Gasteiger partial charge >= 0.3 is 0 Å². The zero-order chi connectivity index (χ0) is 17.3. The maximum Gasteiger partial charge on any atom is 0.236 e. The average molecular weight is 333 g/mol. The molecule has 0 aliphatic carbocycles. The van der Waals surface area contributed by atoms with Crippen LogP contribution in [0.15, 0.2) is 65.3 Å². The monoisotopic (exact) mass is 333 g/mol. The Labute approximate surface area is 145 Å². The van der Waals surface area contributed by atoms with Crippen LogP contribution in [0.4, 0.5) is 0 Å². The highest BCUT2D eigenvalue weighted by Gasteiger charge is 2.28. The third kappa shape index (κ3) is 3.16. The van der Waals surface area contributed by atoms with Gasteiger partial charge in [-0.3, -0.25) is 0 Å². The Morgan fingerprint density at radius 2 is 1.80 bits per heavy atom. The number of para-hydroxylation sites is 2. The van der Waals surface area contributed by atoms with Crippen LogP contribution in [0.5, 0.6) is 0 Å². The fourth-order valence-electron chi connectivity index (χ4n) is 2.93. The highest BCUT2D eigenvalue weighted by molar-refractivity contribution is 5.74. The molecule has 6 nitrogen and oxygen atoms in total. The summed E-state index contributed by atoms with van der Waals surface area (Å²) in [6.07, 6.45) is 2.41. The number of rotatable bonds is 5. The SMILES string of the molecule is C[C@@](N)(Cc1ccccc1)c1nnc(Cn2cnc3ccccc32)o1. The highest BCUT2D eigenvalue weighted by atomic mass is 16.4. The summed E-state index contributed by atoms with van der Waals surface area (Å²) in [4.78, 5) is 4.37. The number of nitrogens with zero attached hydrogens (tertiary/aromatic N) is 4. The lowest BCUT2D eigenvalue weighted by atomic mass is 9.94. The van der Waals surface area contributed by atoms with Crippen LogP contribution in [-0.4, -0.2) is 19.7 Å². The second-order valence-electron chi connectivity index (χ2n) is 6.44. The van der Waals surface area contributed by atoms with Crippen molar-refractivity contribution in [2.45, 2.75) is 25.4 Å². The van der Waals surface area contributed by atoms with E-state index in [-0.39, 0.29) is 0 Å². The molecule has 2 aromatic heterocycles. The van der Waals surface area contributed by atoms with Gasteiger partial charge in [0.15, 0.2) is 0 Å². The van der Waals surface area contributed by atoms with E-state index in [1.807, 2.05) is 66.1 Å². The van der Waals surface area contributed by atoms with Crippen LogP contribution < -0.4 is 5.73 Å². The van der Waals surface area contributed by atoms with Crippen molar-refractivity contribution >= 4 is 11.0 Å². The summed E-state index contributed by atoms with van der Waals surface area (Å²) in [6, 6.07) is 18.0. The van der Waals surface area contributed by atoms with E-state index in [0.717, 1.165) is 16.6 Å². The third-order valence-corrected chi connectivity index (χ3v) is 4.20. The van der Waals surface area contributed by atoms with E-state index in [1.54, 1.807) is 6.33 Å². The molecule has 2 N–H and O–H groups in total. The van der Waals surface area contributed by atoms with E-state index < -0.39 is 5.54 Å². The lowest BCUT2D eigenvalue weighted by molar-refractivity contribution is 0.334. The van der Waals surface area contributed by atoms with Gasteiger partial charge < -0.3 is 14.7 Å². The molecule has 4 rings (SSSR count). The largest absolute Gasteiger partial charge is 0.421 e. The standard InChI is InChI=1S/C19H19N5O/c1-19(20,11-14-7-3-2-4-8-14)18-23-22-17(25-18)12-24-13-21-15-9-5-6-10-16(15)24/h2-10,13H,11-12,20H2,1H3/t19-/m1/s1. The van der Waals surface area contributed by atoms with Gasteiger partial charge in [0.25, 0.3) is 0 Å². The molecular weight excluding hydrogens is 314 g/mol. The summed E-state index contributed by atoms with van der Waals surface area (Å²) in [5, 5.41) is 8.33. The normalized spacial score (nSPS) is 13.8. The van der Waals surface area contributed by atoms with Crippen LogP contribution in [-0.2, 0) is 18.5 Å². The van der Waals surface area contributed by atoms with Crippen LogP contribution in [0.25, 0.3) is 11.0 Å². The summed E-state index contributed by atoms with van der Waals surface area (Å²) >= 11 is 0. The lowest BCUT2D eigenvalue weighted by Gasteiger charge is -2.20. The zero-order valence-electron chi connectivity index (χ0n) is 14.0. The first-order valence-electron chi connectivity index (χ1n) is 8.17. The van der Waals surface area contributed by atoms with Crippen LogP contribution in [0.1, 0.15) is 24.3 Å². The summed E-state index contributed by atoms with van der Waals surface area (Å²) < 4.78 is 7.83. The molecule has 2 heterocycles. The zero-order valence-corrected chi connectivity index (χ0v) is 14.0. The topological polar surface area (TPSA) is 82.8 Å². The van der Waals surface area contributed by atoms with Crippen LogP contribution >= 0.6 is 0 Å². The first-order chi connectivity index (χ1) is 12.1. The molecule has 0 saturated heterocycles. The molecule has 0 radical (unpaired) electrons. The average Bonchev–Trinajstić information content (AvgIpc) is 3.24. The maximum absolute atomic E-state index is 6.43. The van der Waals surface area contributed by atoms with Gasteiger partial charge in [-0.2, -0.15) is 0 Å². The van der Waals surface area contributed by atoms with Crippen molar-refractivity contribution in [3.63, 3.8) is 0 Å². The first kappa shape index (κ1) is 15.5. The molecule has 0 spiro atoms.